The second-order valence-corrected chi connectivity index (χ2v) is 8.99. The quantitative estimate of drug-likeness (QED) is 0.468. The number of anilines is 1. The van der Waals surface area contributed by atoms with E-state index in [1.54, 1.807) is 21.0 Å². The molecule has 1 saturated carbocycles. The lowest BCUT2D eigenvalue weighted by Gasteiger charge is -2.24. The van der Waals surface area contributed by atoms with Crippen molar-refractivity contribution in [3.05, 3.63) is 65.1 Å². The van der Waals surface area contributed by atoms with Gasteiger partial charge in [-0.05, 0) is 74.9 Å². The molecule has 4 rings (SSSR count). The van der Waals surface area contributed by atoms with Crippen LogP contribution in [0.4, 0.5) is 5.82 Å². The molecule has 33 heavy (non-hydrogen) atoms. The van der Waals surface area contributed by atoms with Crippen LogP contribution in [0.25, 0.3) is 11.2 Å². The largest absolute Gasteiger partial charge is 0.497 e. The Balaban J connectivity index is 1.68. The zero-order valence-corrected chi connectivity index (χ0v) is 19.9. The van der Waals surface area contributed by atoms with E-state index in [9.17, 15) is 4.79 Å². The van der Waals surface area contributed by atoms with Crippen LogP contribution in [0.1, 0.15) is 62.8 Å². The zero-order valence-electron chi connectivity index (χ0n) is 19.9. The van der Waals surface area contributed by atoms with Gasteiger partial charge in [0.15, 0.2) is 5.78 Å². The van der Waals surface area contributed by atoms with Crippen molar-refractivity contribution in [3.8, 4) is 5.75 Å². The number of nitrogens with two attached hydrogens (primary N) is 1. The maximum absolute atomic E-state index is 12.2. The highest BCUT2D eigenvalue weighted by Crippen LogP contribution is 2.28. The van der Waals surface area contributed by atoms with Crippen LogP contribution in [0.5, 0.6) is 5.75 Å². The summed E-state index contributed by atoms with van der Waals surface area (Å²) in [6.07, 6.45) is 9.94. The van der Waals surface area contributed by atoms with Crippen molar-refractivity contribution in [3.63, 3.8) is 0 Å². The minimum Gasteiger partial charge on any atom is -0.497 e. The molecule has 0 bridgehead atoms. The molecule has 3 N–H and O–H groups in total. The van der Waals surface area contributed by atoms with Crippen LogP contribution >= 0.6 is 0 Å². The Morgan fingerprint density at radius 3 is 2.48 bits per heavy atom. The summed E-state index contributed by atoms with van der Waals surface area (Å²) in [5, 5.41) is 3.80. The van der Waals surface area contributed by atoms with E-state index in [2.05, 4.69) is 21.9 Å². The van der Waals surface area contributed by atoms with Crippen molar-refractivity contribution in [2.45, 2.75) is 64.8 Å². The van der Waals surface area contributed by atoms with Crippen molar-refractivity contribution in [2.24, 2.45) is 5.73 Å². The van der Waals surface area contributed by atoms with Gasteiger partial charge in [0.05, 0.1) is 12.8 Å². The summed E-state index contributed by atoms with van der Waals surface area (Å²) < 4.78 is 7.39. The number of ether oxygens (including phenoxy) is 1. The molecule has 0 atom stereocenters. The zero-order chi connectivity index (χ0) is 23.4. The highest BCUT2D eigenvalue weighted by atomic mass is 16.5. The first-order chi connectivity index (χ1) is 16.0. The van der Waals surface area contributed by atoms with Crippen LogP contribution < -0.4 is 15.8 Å². The number of ketones is 1. The number of methoxy groups -OCH3 is 1. The summed E-state index contributed by atoms with van der Waals surface area (Å²) in [7, 11) is 1.68. The van der Waals surface area contributed by atoms with Gasteiger partial charge in [0, 0.05) is 23.5 Å². The standard InChI is InChI=1S/C27H34N4O2/c1-18(28)26(19(2)32)21-15-16-31-25(17-21)30-24(27(31)29-22-7-5-4-6-8-22)14-11-20-9-12-23(33-3)13-10-20/h9-10,12-13,15-17,22,29H,4-8,11,14,28H2,1-3H3. The number of nitrogens with one attached hydrogen (secondary N) is 1. The molecule has 2 aromatic heterocycles. The molecular formula is C27H34N4O2. The third-order valence-corrected chi connectivity index (χ3v) is 6.49. The second kappa shape index (κ2) is 10.1. The van der Waals surface area contributed by atoms with E-state index in [-0.39, 0.29) is 5.78 Å². The van der Waals surface area contributed by atoms with Crippen LogP contribution in [-0.4, -0.2) is 28.3 Å². The third-order valence-electron chi connectivity index (χ3n) is 6.49. The number of benzene rings is 1. The molecule has 0 unspecified atom stereocenters. The molecule has 1 aromatic carbocycles. The predicted octanol–water partition coefficient (Wildman–Crippen LogP) is 5.15. The Hall–Kier alpha value is -3.28. The van der Waals surface area contributed by atoms with E-state index in [4.69, 9.17) is 15.5 Å². The van der Waals surface area contributed by atoms with Crippen molar-refractivity contribution < 1.29 is 9.53 Å². The van der Waals surface area contributed by atoms with Gasteiger partial charge in [-0.15, -0.1) is 0 Å². The summed E-state index contributed by atoms with van der Waals surface area (Å²) in [4.78, 5) is 17.2. The number of imidazole rings is 1. The molecule has 2 heterocycles. The molecule has 0 amide bonds. The lowest BCUT2D eigenvalue weighted by molar-refractivity contribution is -0.111. The van der Waals surface area contributed by atoms with Crippen molar-refractivity contribution in [2.75, 3.05) is 12.4 Å². The highest BCUT2D eigenvalue weighted by Gasteiger charge is 2.20. The summed E-state index contributed by atoms with van der Waals surface area (Å²) in [6, 6.07) is 12.6. The molecule has 0 spiro atoms. The van der Waals surface area contributed by atoms with E-state index >= 15 is 0 Å². The van der Waals surface area contributed by atoms with Crippen molar-refractivity contribution >= 4 is 22.8 Å². The lowest BCUT2D eigenvalue weighted by Crippen LogP contribution is -2.23. The third kappa shape index (κ3) is 5.21. The first kappa shape index (κ1) is 22.9. The first-order valence-electron chi connectivity index (χ1n) is 11.8. The maximum Gasteiger partial charge on any atom is 0.162 e. The van der Waals surface area contributed by atoms with Crippen LogP contribution in [0.2, 0.25) is 0 Å². The molecular weight excluding hydrogens is 412 g/mol. The van der Waals surface area contributed by atoms with Crippen LogP contribution in [0.3, 0.4) is 0 Å². The minimum atomic E-state index is -0.0359. The fourth-order valence-electron chi connectivity index (χ4n) is 4.78. The van der Waals surface area contributed by atoms with E-state index in [1.165, 1.54) is 37.7 Å². The average molecular weight is 447 g/mol. The summed E-state index contributed by atoms with van der Waals surface area (Å²) in [5.41, 5.74) is 11.0. The number of carbonyl (C=O) groups is 1. The Bertz CT molecular complexity index is 1150. The number of hydrogen-bond acceptors (Lipinski definition) is 5. The molecule has 0 saturated heterocycles. The lowest BCUT2D eigenvalue weighted by atomic mass is 9.95. The number of fused-ring (bicyclic) bond motifs is 1. The number of rotatable bonds is 8. The Morgan fingerprint density at radius 1 is 1.12 bits per heavy atom. The molecule has 0 aliphatic heterocycles. The average Bonchev–Trinajstić information content (AvgIpc) is 3.14. The molecule has 174 valence electrons. The fraction of sp³-hybridized carbons (Fsp3) is 0.407. The van der Waals surface area contributed by atoms with Gasteiger partial charge >= 0.3 is 0 Å². The van der Waals surface area contributed by atoms with Crippen molar-refractivity contribution in [1.82, 2.24) is 9.38 Å². The number of allylic oxidation sites excluding steroid dienone is 2. The topological polar surface area (TPSA) is 81.6 Å². The molecule has 3 aromatic rings. The Labute approximate surface area is 195 Å². The van der Waals surface area contributed by atoms with Gasteiger partial charge in [-0.2, -0.15) is 0 Å². The first-order valence-corrected chi connectivity index (χ1v) is 11.8. The maximum atomic E-state index is 12.2. The van der Waals surface area contributed by atoms with E-state index < -0.39 is 0 Å². The minimum absolute atomic E-state index is 0.0359. The highest BCUT2D eigenvalue weighted by molar-refractivity contribution is 6.20. The smallest absolute Gasteiger partial charge is 0.162 e. The van der Waals surface area contributed by atoms with Crippen LogP contribution in [-0.2, 0) is 17.6 Å². The number of carbonyl (C=O) groups excluding carboxylic acids is 1. The number of Topliss-reactive ketones (excluding diaryl/α,β-unsaturated/α-hetero) is 1. The van der Waals surface area contributed by atoms with Gasteiger partial charge in [-0.25, -0.2) is 4.98 Å². The van der Waals surface area contributed by atoms with Crippen molar-refractivity contribution in [1.29, 1.82) is 0 Å². The van der Waals surface area contributed by atoms with Gasteiger partial charge in [0.2, 0.25) is 0 Å². The Kier molecular flexibility index (Phi) is 7.02. The summed E-state index contributed by atoms with van der Waals surface area (Å²) in [6.45, 7) is 3.32. The van der Waals surface area contributed by atoms with Crippen LogP contribution in [0.15, 0.2) is 48.3 Å². The van der Waals surface area contributed by atoms with Gasteiger partial charge in [-0.3, -0.25) is 9.20 Å². The molecule has 1 fully saturated rings. The number of hydrogen-bond donors (Lipinski definition) is 2. The molecule has 1 aliphatic rings. The Morgan fingerprint density at radius 2 is 1.85 bits per heavy atom. The fourth-order valence-corrected chi connectivity index (χ4v) is 4.78. The SMILES string of the molecule is COc1ccc(CCc2nc3cc(C(C(C)=O)=C(C)N)ccn3c2NC2CCCCC2)cc1. The number of pyridine rings is 1. The number of nitrogens with zero attached hydrogens (tertiary/aromatic N) is 2. The molecule has 0 radical (unpaired) electrons. The van der Waals surface area contributed by atoms with E-state index in [0.717, 1.165) is 41.3 Å². The summed E-state index contributed by atoms with van der Waals surface area (Å²) >= 11 is 0. The van der Waals surface area contributed by atoms with E-state index in [1.807, 2.05) is 30.5 Å². The molecule has 6 heteroatoms. The van der Waals surface area contributed by atoms with Gasteiger partial charge in [-0.1, -0.05) is 31.4 Å². The summed E-state index contributed by atoms with van der Waals surface area (Å²) in [5.74, 6) is 1.89. The van der Waals surface area contributed by atoms with Gasteiger partial charge in [0.25, 0.3) is 0 Å². The number of aromatic nitrogens is 2. The van der Waals surface area contributed by atoms with E-state index in [0.29, 0.717) is 17.3 Å². The number of aryl methyl sites for hydroxylation is 2. The predicted molar refractivity (Wildman–Crippen MR) is 134 cm³/mol. The normalized spacial score (nSPS) is 15.4. The van der Waals surface area contributed by atoms with Gasteiger partial charge < -0.3 is 15.8 Å². The second-order valence-electron chi connectivity index (χ2n) is 8.99. The molecule has 1 aliphatic carbocycles. The van der Waals surface area contributed by atoms with Gasteiger partial charge in [0.1, 0.15) is 17.2 Å². The van der Waals surface area contributed by atoms with Crippen LogP contribution in [0, 0.1) is 0 Å². The molecule has 6 nitrogen and oxygen atoms in total. The monoisotopic (exact) mass is 446 g/mol.